The summed E-state index contributed by atoms with van der Waals surface area (Å²) >= 11 is 12.5. The van der Waals surface area contributed by atoms with Crippen LogP contribution in [0.1, 0.15) is 5.76 Å². The van der Waals surface area contributed by atoms with Gasteiger partial charge in [0.1, 0.15) is 21.6 Å². The number of carbonyl (C=O) groups is 1. The summed E-state index contributed by atoms with van der Waals surface area (Å²) in [4.78, 5) is 14.0. The van der Waals surface area contributed by atoms with Gasteiger partial charge in [0.25, 0.3) is 5.91 Å². The van der Waals surface area contributed by atoms with Crippen LogP contribution in [-0.2, 0) is 4.79 Å². The molecule has 2 aromatic rings. The minimum atomic E-state index is -0.120. The molecule has 0 unspecified atom stereocenters. The molecule has 4 nitrogen and oxygen atoms in total. The van der Waals surface area contributed by atoms with Crippen LogP contribution in [-0.4, -0.2) is 29.3 Å². The van der Waals surface area contributed by atoms with Crippen molar-refractivity contribution in [1.82, 2.24) is 4.90 Å². The van der Waals surface area contributed by atoms with Gasteiger partial charge in [-0.15, -0.1) is 0 Å². The first kappa shape index (κ1) is 16.1. The number of rotatable bonds is 3. The largest absolute Gasteiger partial charge is 0.495 e. The van der Waals surface area contributed by atoms with Crippen molar-refractivity contribution in [3.63, 3.8) is 0 Å². The first-order valence-corrected chi connectivity index (χ1v) is 8.25. The van der Waals surface area contributed by atoms with Crippen LogP contribution in [0.2, 0.25) is 5.02 Å². The molecule has 3 rings (SSSR count). The fourth-order valence-electron chi connectivity index (χ4n) is 2.08. The van der Waals surface area contributed by atoms with E-state index in [1.54, 1.807) is 38.4 Å². The number of halogens is 1. The molecular weight excluding hydrogens is 354 g/mol. The number of hydrogen-bond donors (Lipinski definition) is 0. The molecule has 0 aliphatic carbocycles. The maximum Gasteiger partial charge on any atom is 0.266 e. The average Bonchev–Trinajstić information content (AvgIpc) is 3.09. The van der Waals surface area contributed by atoms with Crippen LogP contribution in [0.3, 0.4) is 0 Å². The van der Waals surface area contributed by atoms with Gasteiger partial charge in [0, 0.05) is 18.7 Å². The predicted molar refractivity (Wildman–Crippen MR) is 96.6 cm³/mol. The van der Waals surface area contributed by atoms with Gasteiger partial charge in [0.05, 0.1) is 17.0 Å². The van der Waals surface area contributed by atoms with E-state index in [1.807, 2.05) is 12.1 Å². The van der Waals surface area contributed by atoms with Crippen LogP contribution < -0.4 is 4.74 Å². The molecule has 1 aromatic heterocycles. The number of methoxy groups -OCH3 is 1. The maximum absolute atomic E-state index is 12.0. The van der Waals surface area contributed by atoms with E-state index in [0.717, 1.165) is 5.56 Å². The molecule has 0 spiro atoms. The second kappa shape index (κ2) is 6.39. The molecule has 1 saturated heterocycles. The summed E-state index contributed by atoms with van der Waals surface area (Å²) in [6.45, 7) is 0. The van der Waals surface area contributed by atoms with E-state index >= 15 is 0 Å². The number of thioether (sulfide) groups is 1. The van der Waals surface area contributed by atoms with Gasteiger partial charge < -0.3 is 9.15 Å². The summed E-state index contributed by atoms with van der Waals surface area (Å²) in [6, 6.07) is 9.04. The molecule has 0 bridgehead atoms. The van der Waals surface area contributed by atoms with Crippen LogP contribution in [0.25, 0.3) is 17.4 Å². The highest BCUT2D eigenvalue weighted by molar-refractivity contribution is 8.26. The van der Waals surface area contributed by atoms with Gasteiger partial charge in [-0.05, 0) is 30.3 Å². The Morgan fingerprint density at radius 2 is 2.13 bits per heavy atom. The van der Waals surface area contributed by atoms with E-state index in [1.165, 1.54) is 16.7 Å². The molecule has 0 radical (unpaired) electrons. The molecule has 23 heavy (non-hydrogen) atoms. The molecule has 1 aliphatic rings. The Morgan fingerprint density at radius 3 is 2.74 bits per heavy atom. The standard InChI is InChI=1S/C16H12ClNO3S2/c1-18-15(19)14(23-16(18)22)8-10-4-6-12(21-10)9-3-5-13(20-2)11(17)7-9/h3-8H,1-2H3/b14-8-. The second-order valence-electron chi connectivity index (χ2n) is 4.79. The van der Waals surface area contributed by atoms with Crippen LogP contribution >= 0.6 is 35.6 Å². The first-order chi connectivity index (χ1) is 11.0. The molecule has 0 atom stereocenters. The Labute approximate surface area is 148 Å². The summed E-state index contributed by atoms with van der Waals surface area (Å²) in [5.74, 6) is 1.73. The summed E-state index contributed by atoms with van der Waals surface area (Å²) in [5, 5.41) is 0.509. The normalized spacial score (nSPS) is 16.5. The van der Waals surface area contributed by atoms with Crippen molar-refractivity contribution in [3.8, 4) is 17.1 Å². The van der Waals surface area contributed by atoms with Crippen LogP contribution in [0.5, 0.6) is 5.75 Å². The molecule has 2 heterocycles. The van der Waals surface area contributed by atoms with Crippen molar-refractivity contribution in [2.45, 2.75) is 0 Å². The maximum atomic E-state index is 12.0. The fourth-order valence-corrected chi connectivity index (χ4v) is 3.50. The minimum Gasteiger partial charge on any atom is -0.495 e. The van der Waals surface area contributed by atoms with Crippen molar-refractivity contribution in [3.05, 3.63) is 46.0 Å². The molecule has 0 N–H and O–H groups in total. The second-order valence-corrected chi connectivity index (χ2v) is 6.88. The molecular formula is C16H12ClNO3S2. The van der Waals surface area contributed by atoms with Gasteiger partial charge in [0.15, 0.2) is 0 Å². The molecule has 7 heteroatoms. The average molecular weight is 366 g/mol. The molecule has 1 aliphatic heterocycles. The van der Waals surface area contributed by atoms with E-state index in [-0.39, 0.29) is 5.91 Å². The van der Waals surface area contributed by atoms with Gasteiger partial charge in [-0.1, -0.05) is 35.6 Å². The molecule has 118 valence electrons. The Morgan fingerprint density at radius 1 is 1.35 bits per heavy atom. The lowest BCUT2D eigenvalue weighted by molar-refractivity contribution is -0.121. The monoisotopic (exact) mass is 365 g/mol. The number of thiocarbonyl (C=S) groups is 1. The van der Waals surface area contributed by atoms with E-state index in [4.69, 9.17) is 33.0 Å². The topological polar surface area (TPSA) is 42.7 Å². The van der Waals surface area contributed by atoms with Gasteiger partial charge in [-0.3, -0.25) is 9.69 Å². The van der Waals surface area contributed by atoms with E-state index in [0.29, 0.717) is 31.5 Å². The Balaban J connectivity index is 1.88. The molecule has 1 aromatic carbocycles. The summed E-state index contributed by atoms with van der Waals surface area (Å²) in [5.41, 5.74) is 0.832. The third kappa shape index (κ3) is 3.15. The zero-order valence-corrected chi connectivity index (χ0v) is 14.7. The minimum absolute atomic E-state index is 0.120. The number of furan rings is 1. The smallest absolute Gasteiger partial charge is 0.266 e. The number of nitrogens with zero attached hydrogens (tertiary/aromatic N) is 1. The summed E-state index contributed by atoms with van der Waals surface area (Å²) in [6.07, 6.45) is 1.69. The Kier molecular flexibility index (Phi) is 4.48. The third-order valence-corrected chi connectivity index (χ3v) is 5.10. The molecule has 1 fully saturated rings. The lowest BCUT2D eigenvalue weighted by Gasteiger charge is -2.04. The summed E-state index contributed by atoms with van der Waals surface area (Å²) < 4.78 is 11.4. The number of carbonyl (C=O) groups excluding carboxylic acids is 1. The Hall–Kier alpha value is -1.76. The van der Waals surface area contributed by atoms with Crippen molar-refractivity contribution < 1.29 is 13.9 Å². The van der Waals surface area contributed by atoms with Gasteiger partial charge in [-0.2, -0.15) is 0 Å². The van der Waals surface area contributed by atoms with E-state index in [9.17, 15) is 4.79 Å². The number of hydrogen-bond acceptors (Lipinski definition) is 5. The predicted octanol–water partition coefficient (Wildman–Crippen LogP) is 4.44. The highest BCUT2D eigenvalue weighted by atomic mass is 35.5. The van der Waals surface area contributed by atoms with Crippen molar-refractivity contribution >= 4 is 51.9 Å². The first-order valence-electron chi connectivity index (χ1n) is 6.65. The lowest BCUT2D eigenvalue weighted by Crippen LogP contribution is -2.22. The molecule has 1 amide bonds. The van der Waals surface area contributed by atoms with Gasteiger partial charge in [0.2, 0.25) is 0 Å². The lowest BCUT2D eigenvalue weighted by atomic mass is 10.2. The van der Waals surface area contributed by atoms with Crippen LogP contribution in [0.4, 0.5) is 0 Å². The zero-order chi connectivity index (χ0) is 16.6. The SMILES string of the molecule is COc1ccc(-c2ccc(/C=C3\SC(=S)N(C)C3=O)o2)cc1Cl. The van der Waals surface area contributed by atoms with Crippen LogP contribution in [0, 0.1) is 0 Å². The number of ether oxygens (including phenoxy) is 1. The van der Waals surface area contributed by atoms with Crippen molar-refractivity contribution in [2.75, 3.05) is 14.2 Å². The number of likely N-dealkylation sites (N-methyl/N-ethyl adjacent to an activating group) is 1. The van der Waals surface area contributed by atoms with Gasteiger partial charge >= 0.3 is 0 Å². The van der Waals surface area contributed by atoms with Crippen molar-refractivity contribution in [2.24, 2.45) is 0 Å². The van der Waals surface area contributed by atoms with Crippen molar-refractivity contribution in [1.29, 1.82) is 0 Å². The molecule has 0 saturated carbocycles. The highest BCUT2D eigenvalue weighted by Crippen LogP contribution is 2.34. The number of amides is 1. The summed E-state index contributed by atoms with van der Waals surface area (Å²) in [7, 11) is 3.22. The highest BCUT2D eigenvalue weighted by Gasteiger charge is 2.29. The quantitative estimate of drug-likeness (QED) is 0.594. The Bertz CT molecular complexity index is 828. The number of benzene rings is 1. The zero-order valence-electron chi connectivity index (χ0n) is 12.3. The van der Waals surface area contributed by atoms with E-state index in [2.05, 4.69) is 0 Å². The van der Waals surface area contributed by atoms with Crippen LogP contribution in [0.15, 0.2) is 39.7 Å². The third-order valence-electron chi connectivity index (χ3n) is 3.32. The van der Waals surface area contributed by atoms with E-state index < -0.39 is 0 Å². The fraction of sp³-hybridized carbons (Fsp3) is 0.125. The van der Waals surface area contributed by atoms with Gasteiger partial charge in [-0.25, -0.2) is 0 Å².